The topological polar surface area (TPSA) is 12.0 Å². The van der Waals surface area contributed by atoms with Gasteiger partial charge in [0.2, 0.25) is 0 Å². The van der Waals surface area contributed by atoms with Crippen molar-refractivity contribution in [2.45, 2.75) is 24.3 Å². The Labute approximate surface area is 145 Å². The monoisotopic (exact) mass is 433 g/mol. The molecule has 0 bridgehead atoms. The lowest BCUT2D eigenvalue weighted by atomic mass is 10.1. The first-order chi connectivity index (χ1) is 9.65. The van der Waals surface area contributed by atoms with Crippen LogP contribution < -0.4 is 5.32 Å². The average Bonchev–Trinajstić information content (AvgIpc) is 2.79. The highest BCUT2D eigenvalue weighted by molar-refractivity contribution is 9.13. The van der Waals surface area contributed by atoms with Gasteiger partial charge in [-0.1, -0.05) is 19.1 Å². The first-order valence-electron chi connectivity index (χ1n) is 6.47. The normalized spacial score (nSPS) is 12.6. The zero-order valence-electron chi connectivity index (χ0n) is 11.5. The van der Waals surface area contributed by atoms with Gasteiger partial charge in [0.1, 0.15) is 0 Å². The number of hydrogen-bond donors (Lipinski definition) is 1. The molecule has 0 aliphatic rings. The predicted molar refractivity (Wildman–Crippen MR) is 98.1 cm³/mol. The van der Waals surface area contributed by atoms with Crippen LogP contribution in [0.5, 0.6) is 0 Å². The van der Waals surface area contributed by atoms with E-state index in [1.807, 2.05) is 0 Å². The highest BCUT2D eigenvalue weighted by Gasteiger charge is 2.17. The molecule has 1 unspecified atom stereocenters. The summed E-state index contributed by atoms with van der Waals surface area (Å²) in [6.45, 7) is 3.21. The fourth-order valence-electron chi connectivity index (χ4n) is 1.97. The molecule has 0 amide bonds. The van der Waals surface area contributed by atoms with E-state index >= 15 is 0 Å². The Balaban J connectivity index is 2.30. The molecule has 1 heterocycles. The van der Waals surface area contributed by atoms with Crippen LogP contribution in [0.3, 0.4) is 0 Å². The molecule has 2 rings (SSSR count). The second-order valence-electron chi connectivity index (χ2n) is 4.43. The first kappa shape index (κ1) is 16.6. The lowest BCUT2D eigenvalue weighted by Gasteiger charge is -2.18. The summed E-state index contributed by atoms with van der Waals surface area (Å²) >= 11 is 10.7. The van der Waals surface area contributed by atoms with Crippen LogP contribution in [0.4, 0.5) is 0 Å². The Morgan fingerprint density at radius 2 is 1.95 bits per heavy atom. The number of rotatable bonds is 6. The van der Waals surface area contributed by atoms with Crippen LogP contribution in [-0.4, -0.2) is 12.8 Å². The summed E-state index contributed by atoms with van der Waals surface area (Å²) in [5.74, 6) is 0. The lowest BCUT2D eigenvalue weighted by molar-refractivity contribution is 0.605. The van der Waals surface area contributed by atoms with Gasteiger partial charge in [-0.25, -0.2) is 0 Å². The van der Waals surface area contributed by atoms with Crippen LogP contribution in [0, 0.1) is 0 Å². The Kier molecular flexibility index (Phi) is 6.62. The highest BCUT2D eigenvalue weighted by atomic mass is 79.9. The van der Waals surface area contributed by atoms with Gasteiger partial charge in [0.25, 0.3) is 0 Å². The van der Waals surface area contributed by atoms with E-state index in [1.54, 1.807) is 23.1 Å². The molecule has 1 aromatic carbocycles. The number of benzene rings is 1. The van der Waals surface area contributed by atoms with E-state index in [-0.39, 0.29) is 6.04 Å². The van der Waals surface area contributed by atoms with Crippen molar-refractivity contribution < 1.29 is 0 Å². The average molecular weight is 435 g/mol. The predicted octanol–water partition coefficient (Wildman–Crippen LogP) is 6.08. The Morgan fingerprint density at radius 1 is 1.25 bits per heavy atom. The fraction of sp³-hybridized carbons (Fsp3) is 0.333. The largest absolute Gasteiger partial charge is 0.306 e. The van der Waals surface area contributed by atoms with Gasteiger partial charge in [-0.2, -0.15) is 0 Å². The van der Waals surface area contributed by atoms with Crippen molar-refractivity contribution in [3.8, 4) is 0 Å². The molecule has 1 N–H and O–H groups in total. The zero-order valence-corrected chi connectivity index (χ0v) is 16.3. The molecule has 1 atom stereocenters. The SMILES string of the molecule is CCCNC(c1ccc(SC)cc1)c1cc(Br)c(Br)s1. The summed E-state index contributed by atoms with van der Waals surface area (Å²) in [5, 5.41) is 3.64. The van der Waals surface area contributed by atoms with Crippen LogP contribution in [0.2, 0.25) is 0 Å². The van der Waals surface area contributed by atoms with E-state index in [0.717, 1.165) is 21.2 Å². The minimum absolute atomic E-state index is 0.262. The molecule has 1 nitrogen and oxygen atoms in total. The van der Waals surface area contributed by atoms with Crippen molar-refractivity contribution in [1.29, 1.82) is 0 Å². The Bertz CT molecular complexity index is 532. The van der Waals surface area contributed by atoms with E-state index in [9.17, 15) is 0 Å². The Hall–Kier alpha value is 0.190. The molecule has 5 heteroatoms. The van der Waals surface area contributed by atoms with Crippen molar-refractivity contribution in [2.75, 3.05) is 12.8 Å². The molecular weight excluding hydrogens is 418 g/mol. The number of halogens is 2. The van der Waals surface area contributed by atoms with Gasteiger partial charge in [-0.05, 0) is 74.8 Å². The standard InChI is InChI=1S/C15H17Br2NS2/c1-3-8-18-14(13-9-12(16)15(17)20-13)10-4-6-11(19-2)7-5-10/h4-7,9,14,18H,3,8H2,1-2H3. The summed E-state index contributed by atoms with van der Waals surface area (Å²) in [5.41, 5.74) is 1.32. The maximum Gasteiger partial charge on any atom is 0.0843 e. The van der Waals surface area contributed by atoms with Crippen molar-refractivity contribution in [1.82, 2.24) is 5.32 Å². The third-order valence-corrected chi connectivity index (χ3v) is 7.06. The molecule has 2 aromatic rings. The third-order valence-electron chi connectivity index (χ3n) is 3.00. The maximum absolute atomic E-state index is 3.64. The maximum atomic E-state index is 3.64. The fourth-order valence-corrected chi connectivity index (χ4v) is 4.58. The van der Waals surface area contributed by atoms with Crippen molar-refractivity contribution in [3.63, 3.8) is 0 Å². The Morgan fingerprint density at radius 3 is 2.45 bits per heavy atom. The van der Waals surface area contributed by atoms with Crippen LogP contribution in [0.25, 0.3) is 0 Å². The summed E-state index contributed by atoms with van der Waals surface area (Å²) in [7, 11) is 0. The van der Waals surface area contributed by atoms with Crippen LogP contribution >= 0.6 is 55.0 Å². The van der Waals surface area contributed by atoms with Crippen molar-refractivity contribution in [2.24, 2.45) is 0 Å². The molecule has 0 saturated carbocycles. The molecule has 0 spiro atoms. The molecule has 0 fully saturated rings. The van der Waals surface area contributed by atoms with Gasteiger partial charge in [0.05, 0.1) is 9.83 Å². The van der Waals surface area contributed by atoms with E-state index in [4.69, 9.17) is 0 Å². The van der Waals surface area contributed by atoms with Gasteiger partial charge in [-0.15, -0.1) is 23.1 Å². The molecule has 0 radical (unpaired) electrons. The molecule has 1 aromatic heterocycles. The molecular formula is C15H17Br2NS2. The number of nitrogens with one attached hydrogen (secondary N) is 1. The lowest BCUT2D eigenvalue weighted by Crippen LogP contribution is -2.22. The van der Waals surface area contributed by atoms with Gasteiger partial charge in [-0.3, -0.25) is 0 Å². The summed E-state index contributed by atoms with van der Waals surface area (Å²) in [6, 6.07) is 11.3. The van der Waals surface area contributed by atoms with Crippen molar-refractivity contribution >= 4 is 55.0 Å². The number of hydrogen-bond acceptors (Lipinski definition) is 3. The van der Waals surface area contributed by atoms with Crippen LogP contribution in [-0.2, 0) is 0 Å². The summed E-state index contributed by atoms with van der Waals surface area (Å²) in [4.78, 5) is 2.63. The molecule has 0 aliphatic heterocycles. The van der Waals surface area contributed by atoms with E-state index in [2.05, 4.69) is 80.7 Å². The van der Waals surface area contributed by atoms with Crippen LogP contribution in [0.15, 0.2) is 43.5 Å². The summed E-state index contributed by atoms with van der Waals surface area (Å²) < 4.78 is 2.28. The second-order valence-corrected chi connectivity index (χ2v) is 8.57. The minimum Gasteiger partial charge on any atom is -0.306 e. The minimum atomic E-state index is 0.262. The van der Waals surface area contributed by atoms with Gasteiger partial charge in [0.15, 0.2) is 0 Å². The van der Waals surface area contributed by atoms with E-state index in [1.165, 1.54) is 15.3 Å². The smallest absolute Gasteiger partial charge is 0.0843 e. The van der Waals surface area contributed by atoms with Crippen LogP contribution in [0.1, 0.15) is 29.8 Å². The zero-order chi connectivity index (χ0) is 14.5. The van der Waals surface area contributed by atoms with E-state index < -0.39 is 0 Å². The van der Waals surface area contributed by atoms with Gasteiger partial charge < -0.3 is 5.32 Å². The molecule has 0 aliphatic carbocycles. The summed E-state index contributed by atoms with van der Waals surface area (Å²) in [6.07, 6.45) is 3.24. The second kappa shape index (κ2) is 7.99. The van der Waals surface area contributed by atoms with Crippen molar-refractivity contribution in [3.05, 3.63) is 49.0 Å². The number of thiophene rings is 1. The molecule has 0 saturated heterocycles. The van der Waals surface area contributed by atoms with Gasteiger partial charge in [0, 0.05) is 14.2 Å². The highest BCUT2D eigenvalue weighted by Crippen LogP contribution is 2.37. The van der Waals surface area contributed by atoms with Gasteiger partial charge >= 0.3 is 0 Å². The molecule has 20 heavy (non-hydrogen) atoms. The van der Waals surface area contributed by atoms with E-state index in [0.29, 0.717) is 0 Å². The molecule has 108 valence electrons. The number of thioether (sulfide) groups is 1. The third kappa shape index (κ3) is 4.10. The quantitative estimate of drug-likeness (QED) is 0.552. The first-order valence-corrected chi connectivity index (χ1v) is 10.1.